The van der Waals surface area contributed by atoms with Crippen LogP contribution in [0, 0.1) is 13.8 Å². The highest BCUT2D eigenvalue weighted by Crippen LogP contribution is 2.57. The summed E-state index contributed by atoms with van der Waals surface area (Å²) in [5, 5.41) is 32.5. The number of aromatic nitrogens is 16. The summed E-state index contributed by atoms with van der Waals surface area (Å²) in [4.78, 5) is 143. The molecule has 8 aliphatic rings. The van der Waals surface area contributed by atoms with E-state index in [4.69, 9.17) is 62.4 Å². The maximum absolute atomic E-state index is 14.6. The number of fused-ring (bicyclic) bond motifs is 3. The number of carbonyl (C=O) groups excluding carboxylic acids is 3. The fraction of sp³-hybridized carbons (Fsp3) is 0.544. The van der Waals surface area contributed by atoms with Gasteiger partial charge in [-0.1, -0.05) is 50.2 Å². The van der Waals surface area contributed by atoms with Gasteiger partial charge in [0.15, 0.2) is 64.1 Å². The van der Waals surface area contributed by atoms with Crippen molar-refractivity contribution in [1.82, 2.24) is 131 Å². The van der Waals surface area contributed by atoms with Gasteiger partial charge in [-0.25, -0.2) is 87.3 Å². The van der Waals surface area contributed by atoms with Gasteiger partial charge in [-0.05, 0) is 133 Å². The number of nitrogens with one attached hydrogen (secondary N) is 7. The molecule has 7 saturated heterocycles. The lowest BCUT2D eigenvalue weighted by Gasteiger charge is -2.45. The second kappa shape index (κ2) is 50.9. The molecule has 0 radical (unpaired) electrons. The molecule has 9 unspecified atom stereocenters. The number of ether oxygens (including phenoxy) is 7. The lowest BCUT2D eigenvalue weighted by atomic mass is 10.2. The van der Waals surface area contributed by atoms with Gasteiger partial charge in [0.2, 0.25) is 0 Å². The molecule has 4 amide bonds. The van der Waals surface area contributed by atoms with Gasteiger partial charge in [0.05, 0.1) is 108 Å². The number of carboxylic acid groups (broad SMARTS) is 1. The number of aromatic amines is 2. The van der Waals surface area contributed by atoms with E-state index in [1.165, 1.54) is 62.9 Å². The number of rotatable bonds is 28. The number of aliphatic hydroxyl groups is 1. The number of H-pyrrole nitrogens is 2. The van der Waals surface area contributed by atoms with Crippen LogP contribution >= 0.6 is 36.5 Å². The van der Waals surface area contributed by atoms with Gasteiger partial charge < -0.3 is 89.3 Å². The van der Waals surface area contributed by atoms with E-state index >= 15 is 0 Å². The van der Waals surface area contributed by atoms with Crippen LogP contribution in [0.3, 0.4) is 0 Å². The SMILES string of the molecule is CC(=O)O.CC1CCCO1.CC[C@@H]1CN(P(=O)(OC[C@@H]2CN(C)CC(n3cnc4c(NC(=O)c5ccccc5)ncnc43)O2)N(C)C)CC(n2cc(C)c(=O)[nH]c2=O)O1.CC[C@@H]1CN(P(=O)(OC[C@@H]2CNCC(n3cnc4c(NC(=O)c5ccccc5)ncnc43)O2)N(C)C)CC(N2C=C(C)CNC2=O)O1.Cc1cn(C2CN([P@@](=O)(OC[C@@H]3CNCC(n4cnc5c(N)ncnc54)O3)N(C)C)C[C@@H](CO)O2)c(=O)[nH]c1=O.S. The number of nitrogens with zero attached hydrogens (tertiary/aromatic N) is 22. The molecule has 16 atom stereocenters. The first-order valence-corrected chi connectivity index (χ1v) is 52.3. The summed E-state index contributed by atoms with van der Waals surface area (Å²) in [6.45, 7) is 17.4. The Bertz CT molecular complexity index is 6610. The summed E-state index contributed by atoms with van der Waals surface area (Å²) in [6.07, 6.45) is 11.3. The molecule has 8 aliphatic heterocycles. The van der Waals surface area contributed by atoms with Crippen LogP contribution in [-0.4, -0.2) is 366 Å². The van der Waals surface area contributed by atoms with Gasteiger partial charge in [0, 0.05) is 120 Å². The molecule has 0 spiro atoms. The second-order valence-electron chi connectivity index (χ2n) is 36.5. The van der Waals surface area contributed by atoms with Crippen LogP contribution in [0.4, 0.5) is 22.2 Å². The Balaban J connectivity index is 0.000000176. The maximum Gasteiger partial charge on any atom is 0.345 e. The molecular weight excluding hydrogens is 1990 g/mol. The molecule has 8 aromatic heterocycles. The number of amides is 4. The third kappa shape index (κ3) is 27.6. The van der Waals surface area contributed by atoms with Gasteiger partial charge >= 0.3 is 40.4 Å². The van der Waals surface area contributed by atoms with Crippen molar-refractivity contribution in [2.45, 2.75) is 154 Å². The van der Waals surface area contributed by atoms with E-state index in [-0.39, 0.29) is 108 Å². The van der Waals surface area contributed by atoms with Crippen molar-refractivity contribution in [2.24, 2.45) is 0 Å². The molecule has 18 rings (SSSR count). The van der Waals surface area contributed by atoms with E-state index < -0.39 is 113 Å². The van der Waals surface area contributed by atoms with E-state index in [0.29, 0.717) is 139 Å². The standard InChI is InChI=1S/C31H41N10O7P.C30H41N10O6P.C22H33N10O7P.C5H10O.C2H4O2.H2S/c1-6-22-14-39(16-25(47-22)40-12-20(2)29(42)36-31(40)44)49(45,37(3)4)46-17-23-13-38(5)15-24(48-23)41-19-34-26-27(32-18-33-28(26)41)35-30(43)21-10-8-7-9-11-21;1-5-22-15-38(16-25(45-22)39-14-20(2)11-32-30(39)42)47(43,37(3)4)44-17-23-12-31-13-24(46-23)40-19-35-26-27(33-18-34-28(26)40)36-29(41)21-9-7-6-8-10-21;1-13-6-31(22(35)28-21(13)34)17-8-30(7-15(9-33)39-17)40(36,29(2)3)37-10-14-4-24-5-16(38-14)32-12-27-18-19(23)25-11-26-20(18)32;1-5-3-2-4-6-5;1-2(3)4;/h7-12,18-19,22-25H,6,13-17H2,1-5H3,(H,36,42,44)(H,32,33,35,43);6-10,14,18-19,22-25,31H,5,11-13,15-17H2,1-4H3,(H,32,42)(H,33,34,36,41);6,11-12,14-17,24,33H,4-5,7-10H2,1-3H3,(H2,23,25,26)(H,28,34,35);5H,2-4H2,1H3;1H3,(H,3,4);1H2/t22-,23+,24?,25?,49?;22-,23+,24?,25?,47?;14-,15-,16?,17?,40-;;;/m110.../s1. The largest absolute Gasteiger partial charge is 0.481 e. The Labute approximate surface area is 853 Å². The highest BCUT2D eigenvalue weighted by atomic mass is 32.1. The number of urea groups is 1. The zero-order valence-electron chi connectivity index (χ0n) is 84.3. The number of likely N-dealkylation sites (N-methyl/N-ethyl adjacent to an activating group) is 1. The number of hydrogen-bond donors (Lipinski definition) is 10. The van der Waals surface area contributed by atoms with E-state index in [0.717, 1.165) is 19.1 Å². The smallest absolute Gasteiger partial charge is 0.345 e. The minimum Gasteiger partial charge on any atom is -0.481 e. The van der Waals surface area contributed by atoms with Crippen LogP contribution < -0.4 is 54.8 Å². The number of carbonyl (C=O) groups is 4. The topological polar surface area (TPSA) is 605 Å². The fourth-order valence-corrected chi connectivity index (χ4v) is 23.2. The maximum atomic E-state index is 14.6. The average molecular weight is 2130 g/mol. The molecule has 57 heteroatoms. The molecule has 53 nitrogen and oxygen atoms in total. The minimum atomic E-state index is -3.68. The molecule has 0 aliphatic carbocycles. The number of carboxylic acids is 1. The van der Waals surface area contributed by atoms with Crippen LogP contribution in [0.1, 0.15) is 123 Å². The van der Waals surface area contributed by atoms with Gasteiger partial charge in [-0.3, -0.25) is 80.3 Å². The van der Waals surface area contributed by atoms with Crippen LogP contribution in [0.2, 0.25) is 0 Å². The lowest BCUT2D eigenvalue weighted by molar-refractivity contribution is -0.134. The van der Waals surface area contributed by atoms with Crippen LogP contribution in [-0.2, 0) is 65.2 Å². The molecule has 7 fully saturated rings. The number of morpholine rings is 6. The van der Waals surface area contributed by atoms with E-state index in [1.54, 1.807) is 167 Å². The highest BCUT2D eigenvalue weighted by Gasteiger charge is 2.48. The fourth-order valence-electron chi connectivity index (χ4n) is 17.2. The monoisotopic (exact) mass is 2120 g/mol. The van der Waals surface area contributed by atoms with E-state index in [9.17, 15) is 52.4 Å². The van der Waals surface area contributed by atoms with E-state index in [1.807, 2.05) is 40.0 Å². The van der Waals surface area contributed by atoms with Crippen molar-refractivity contribution < 1.29 is 89.8 Å². The quantitative estimate of drug-likeness (QED) is 0.0297. The van der Waals surface area contributed by atoms with Crippen molar-refractivity contribution in [3.8, 4) is 0 Å². The van der Waals surface area contributed by atoms with Gasteiger partial charge in [-0.2, -0.15) is 13.5 Å². The normalized spacial score (nSPS) is 24.5. The number of benzene rings is 2. The Morgan fingerprint density at radius 2 is 0.905 bits per heavy atom. The van der Waals surface area contributed by atoms with Crippen LogP contribution in [0.5, 0.6) is 0 Å². The molecule has 800 valence electrons. The molecular formula is C90H131N30O23P3S. The predicted molar refractivity (Wildman–Crippen MR) is 544 cm³/mol. The Hall–Kier alpha value is -11.1. The van der Waals surface area contributed by atoms with Crippen LogP contribution in [0.25, 0.3) is 33.5 Å². The molecule has 11 N–H and O–H groups in total. The summed E-state index contributed by atoms with van der Waals surface area (Å²) >= 11 is 0. The number of anilines is 3. The number of hydrogen-bond acceptors (Lipinski definition) is 35. The van der Waals surface area contributed by atoms with Gasteiger partial charge in [0.1, 0.15) is 43.2 Å². The van der Waals surface area contributed by atoms with Crippen molar-refractivity contribution in [1.29, 1.82) is 0 Å². The summed E-state index contributed by atoms with van der Waals surface area (Å²) in [7, 11) is 1.14. The van der Waals surface area contributed by atoms with Crippen molar-refractivity contribution in [2.75, 3.05) is 184 Å². The van der Waals surface area contributed by atoms with E-state index in [2.05, 4.69) is 93.2 Å². The first-order chi connectivity index (χ1) is 69.8. The number of aryl methyl sites for hydroxylation is 2. The second-order valence-corrected chi connectivity index (χ2v) is 44.3. The van der Waals surface area contributed by atoms with Crippen molar-refractivity contribution >= 4 is 111 Å². The van der Waals surface area contributed by atoms with Crippen LogP contribution in [0.15, 0.2) is 142 Å². The third-order valence-corrected chi connectivity index (χ3v) is 32.5. The predicted octanol–water partition coefficient (Wildman–Crippen LogP) is 4.70. The molecule has 16 heterocycles. The number of aliphatic hydroxyl groups excluding tert-OH is 1. The first-order valence-electron chi connectivity index (χ1n) is 47.7. The molecule has 0 saturated carbocycles. The molecule has 10 aromatic rings. The minimum absolute atomic E-state index is 0. The summed E-state index contributed by atoms with van der Waals surface area (Å²) in [5.41, 5.74) is 9.12. The number of nitrogen functional groups attached to an aromatic ring is 1. The number of nitrogens with two attached hydrogens (primary N) is 1. The summed E-state index contributed by atoms with van der Waals surface area (Å²) in [5.74, 6) is -0.615. The average Bonchev–Trinajstić information content (AvgIpc) is 1.77. The van der Waals surface area contributed by atoms with Crippen molar-refractivity contribution in [3.05, 3.63) is 187 Å². The first kappa shape index (κ1) is 113. The zero-order valence-corrected chi connectivity index (χ0v) is 87.9. The van der Waals surface area contributed by atoms with Crippen molar-refractivity contribution in [3.63, 3.8) is 0 Å². The Kier molecular flexibility index (Phi) is 39.2. The molecule has 0 bridgehead atoms. The lowest BCUT2D eigenvalue weighted by Crippen LogP contribution is -2.57. The Morgan fingerprint density at radius 3 is 1.33 bits per heavy atom. The highest BCUT2D eigenvalue weighted by molar-refractivity contribution is 7.59. The van der Waals surface area contributed by atoms with Gasteiger partial charge in [-0.15, -0.1) is 0 Å². The zero-order chi connectivity index (χ0) is 105. The summed E-state index contributed by atoms with van der Waals surface area (Å²) < 4.78 is 122. The summed E-state index contributed by atoms with van der Waals surface area (Å²) in [6, 6.07) is 17.4. The third-order valence-electron chi connectivity index (χ3n) is 24.9. The molecule has 147 heavy (non-hydrogen) atoms. The number of aliphatic carboxylic acids is 1. The molecule has 2 aromatic carbocycles. The number of imidazole rings is 3. The van der Waals surface area contributed by atoms with Gasteiger partial charge in [0.25, 0.3) is 28.9 Å². The Morgan fingerprint density at radius 1 is 0.510 bits per heavy atom.